The van der Waals surface area contributed by atoms with Gasteiger partial charge in [-0.25, -0.2) is 14.6 Å². The normalized spacial score (nSPS) is 10.3. The Morgan fingerprint density at radius 2 is 2.36 bits per heavy atom. The lowest BCUT2D eigenvalue weighted by atomic mass is 10.4. The number of hydrogen-bond acceptors (Lipinski definition) is 3. The molecule has 4 heteroatoms. The van der Waals surface area contributed by atoms with Crippen molar-refractivity contribution in [1.29, 1.82) is 0 Å². The summed E-state index contributed by atoms with van der Waals surface area (Å²) in [6.07, 6.45) is 3.44. The maximum Gasteiger partial charge on any atom is 0.179 e. The number of pyridine rings is 1. The highest BCUT2D eigenvalue weighted by atomic mass is 15.4. The summed E-state index contributed by atoms with van der Waals surface area (Å²) >= 11 is 0. The number of imidazole rings is 1. The molecule has 11 heavy (non-hydrogen) atoms. The van der Waals surface area contributed by atoms with Gasteiger partial charge in [-0.1, -0.05) is 0 Å². The van der Waals surface area contributed by atoms with Crippen LogP contribution in [0.2, 0.25) is 0 Å². The summed E-state index contributed by atoms with van der Waals surface area (Å²) in [5, 5.41) is 0. The van der Waals surface area contributed by atoms with E-state index in [0.717, 1.165) is 11.2 Å². The van der Waals surface area contributed by atoms with Gasteiger partial charge < -0.3 is 5.43 Å². The van der Waals surface area contributed by atoms with Gasteiger partial charge in [0, 0.05) is 13.2 Å². The first-order valence-corrected chi connectivity index (χ1v) is 3.37. The van der Waals surface area contributed by atoms with Crippen molar-refractivity contribution in [2.24, 2.45) is 0 Å². The fourth-order valence-electron chi connectivity index (χ4n) is 1.03. The van der Waals surface area contributed by atoms with Crippen LogP contribution in [0.3, 0.4) is 0 Å². The zero-order valence-electron chi connectivity index (χ0n) is 6.15. The number of aromatic nitrogens is 3. The summed E-state index contributed by atoms with van der Waals surface area (Å²) in [6, 6.07) is 3.85. The Bertz CT molecular complexity index is 365. The molecule has 0 bridgehead atoms. The second kappa shape index (κ2) is 2.23. The first-order chi connectivity index (χ1) is 5.42. The predicted octanol–water partition coefficient (Wildman–Crippen LogP) is 0.605. The second-order valence-electron chi connectivity index (χ2n) is 2.18. The van der Waals surface area contributed by atoms with Crippen LogP contribution in [-0.2, 0) is 0 Å². The smallest absolute Gasteiger partial charge is 0.179 e. The van der Waals surface area contributed by atoms with Gasteiger partial charge in [-0.15, -0.1) is 0 Å². The van der Waals surface area contributed by atoms with Crippen molar-refractivity contribution < 1.29 is 0 Å². The van der Waals surface area contributed by atoms with Crippen LogP contribution in [0.1, 0.15) is 0 Å². The first kappa shape index (κ1) is 6.15. The van der Waals surface area contributed by atoms with Crippen molar-refractivity contribution in [3.05, 3.63) is 24.7 Å². The second-order valence-corrected chi connectivity index (χ2v) is 2.18. The Morgan fingerprint density at radius 3 is 3.18 bits per heavy atom. The highest BCUT2D eigenvalue weighted by Gasteiger charge is 1.98. The van der Waals surface area contributed by atoms with Gasteiger partial charge in [0.25, 0.3) is 0 Å². The Labute approximate surface area is 63.9 Å². The van der Waals surface area contributed by atoms with Crippen molar-refractivity contribution >= 4 is 11.2 Å². The third-order valence-electron chi connectivity index (χ3n) is 1.56. The van der Waals surface area contributed by atoms with Gasteiger partial charge in [0.2, 0.25) is 0 Å². The molecule has 1 N–H and O–H groups in total. The van der Waals surface area contributed by atoms with Crippen LogP contribution in [0.5, 0.6) is 0 Å². The van der Waals surface area contributed by atoms with Gasteiger partial charge in [0.05, 0.1) is 0 Å². The van der Waals surface area contributed by atoms with Gasteiger partial charge in [0.15, 0.2) is 5.65 Å². The highest BCUT2D eigenvalue weighted by Crippen LogP contribution is 2.05. The molecule has 0 aliphatic rings. The summed E-state index contributed by atoms with van der Waals surface area (Å²) < 4.78 is 1.82. The van der Waals surface area contributed by atoms with Crippen LogP contribution < -0.4 is 5.43 Å². The third-order valence-corrected chi connectivity index (χ3v) is 1.56. The van der Waals surface area contributed by atoms with Crippen LogP contribution in [0, 0.1) is 0 Å². The molecule has 0 radical (unpaired) electrons. The molecule has 0 saturated heterocycles. The highest BCUT2D eigenvalue weighted by molar-refractivity contribution is 5.70. The number of rotatable bonds is 1. The Kier molecular flexibility index (Phi) is 1.25. The van der Waals surface area contributed by atoms with E-state index in [0.29, 0.717) is 0 Å². The monoisotopic (exact) mass is 148 g/mol. The Hall–Kier alpha value is -1.58. The largest absolute Gasteiger partial charge is 0.327 e. The van der Waals surface area contributed by atoms with Gasteiger partial charge >= 0.3 is 0 Å². The molecule has 2 aromatic rings. The van der Waals surface area contributed by atoms with E-state index in [4.69, 9.17) is 0 Å². The molecule has 0 fully saturated rings. The minimum atomic E-state index is 0.766. The minimum Gasteiger partial charge on any atom is -0.327 e. The molecule has 2 rings (SSSR count). The molecule has 2 heterocycles. The molecule has 0 saturated carbocycles. The molecule has 56 valence electrons. The minimum absolute atomic E-state index is 0.766. The predicted molar refractivity (Wildman–Crippen MR) is 42.8 cm³/mol. The van der Waals surface area contributed by atoms with Gasteiger partial charge in [0.1, 0.15) is 11.8 Å². The molecule has 0 aromatic carbocycles. The van der Waals surface area contributed by atoms with Gasteiger partial charge in [-0.3, -0.25) is 0 Å². The zero-order chi connectivity index (χ0) is 7.68. The van der Waals surface area contributed by atoms with Gasteiger partial charge in [-0.2, -0.15) is 0 Å². The first-order valence-electron chi connectivity index (χ1n) is 3.37. The van der Waals surface area contributed by atoms with E-state index in [1.165, 1.54) is 0 Å². The quantitative estimate of drug-likeness (QED) is 0.644. The summed E-state index contributed by atoms with van der Waals surface area (Å²) in [6.45, 7) is 0. The van der Waals surface area contributed by atoms with Crippen molar-refractivity contribution in [1.82, 2.24) is 14.6 Å². The van der Waals surface area contributed by atoms with E-state index < -0.39 is 0 Å². The molecule has 0 amide bonds. The van der Waals surface area contributed by atoms with Crippen LogP contribution in [-0.4, -0.2) is 21.7 Å². The van der Waals surface area contributed by atoms with Crippen molar-refractivity contribution in [2.75, 3.05) is 12.5 Å². The average Bonchev–Trinajstić information content (AvgIpc) is 2.47. The standard InChI is InChI=1S/C7H8N4/c1-8-11-5-10-7-6(11)3-2-4-9-7/h2-5,8H,1H3. The number of nitrogens with one attached hydrogen (secondary N) is 1. The van der Waals surface area contributed by atoms with Crippen LogP contribution >= 0.6 is 0 Å². The molecule has 2 aromatic heterocycles. The Morgan fingerprint density at radius 1 is 1.45 bits per heavy atom. The summed E-state index contributed by atoms with van der Waals surface area (Å²) in [7, 11) is 1.84. The number of fused-ring (bicyclic) bond motifs is 1. The Balaban J connectivity index is 2.76. The van der Waals surface area contributed by atoms with E-state index in [2.05, 4.69) is 15.4 Å². The maximum atomic E-state index is 4.08. The van der Waals surface area contributed by atoms with Crippen LogP contribution in [0.25, 0.3) is 11.2 Å². The van der Waals surface area contributed by atoms with E-state index in [1.807, 2.05) is 23.9 Å². The lowest BCUT2D eigenvalue weighted by Crippen LogP contribution is -2.05. The zero-order valence-corrected chi connectivity index (χ0v) is 6.15. The summed E-state index contributed by atoms with van der Waals surface area (Å²) in [5.41, 5.74) is 4.73. The van der Waals surface area contributed by atoms with Crippen molar-refractivity contribution in [3.63, 3.8) is 0 Å². The van der Waals surface area contributed by atoms with Crippen molar-refractivity contribution in [3.8, 4) is 0 Å². The molecule has 0 aliphatic carbocycles. The molecule has 0 aliphatic heterocycles. The lowest BCUT2D eigenvalue weighted by molar-refractivity contribution is 0.956. The fraction of sp³-hybridized carbons (Fsp3) is 0.143. The molecular weight excluding hydrogens is 140 g/mol. The van der Waals surface area contributed by atoms with Crippen LogP contribution in [0.4, 0.5) is 0 Å². The van der Waals surface area contributed by atoms with Crippen molar-refractivity contribution in [2.45, 2.75) is 0 Å². The lowest BCUT2D eigenvalue weighted by Gasteiger charge is -1.98. The number of nitrogens with zero attached hydrogens (tertiary/aromatic N) is 3. The third kappa shape index (κ3) is 0.832. The van der Waals surface area contributed by atoms with Gasteiger partial charge in [-0.05, 0) is 12.1 Å². The fourth-order valence-corrected chi connectivity index (χ4v) is 1.03. The summed E-state index contributed by atoms with van der Waals surface area (Å²) in [4.78, 5) is 8.16. The molecule has 0 spiro atoms. The van der Waals surface area contributed by atoms with E-state index in [-0.39, 0.29) is 0 Å². The van der Waals surface area contributed by atoms with E-state index >= 15 is 0 Å². The molecule has 4 nitrogen and oxygen atoms in total. The molecule has 0 atom stereocenters. The topological polar surface area (TPSA) is 42.7 Å². The number of hydrogen-bond donors (Lipinski definition) is 1. The molecule has 0 unspecified atom stereocenters. The molecular formula is C7H8N4. The average molecular weight is 148 g/mol. The van der Waals surface area contributed by atoms with E-state index in [9.17, 15) is 0 Å². The SMILES string of the molecule is CNn1cnc2ncccc21. The van der Waals surface area contributed by atoms with E-state index in [1.54, 1.807) is 12.5 Å². The van der Waals surface area contributed by atoms with Crippen LogP contribution in [0.15, 0.2) is 24.7 Å². The maximum absolute atomic E-state index is 4.08. The summed E-state index contributed by atoms with van der Waals surface area (Å²) in [5.74, 6) is 0.